The molecule has 38 heavy (non-hydrogen) atoms. The van der Waals surface area contributed by atoms with Gasteiger partial charge in [-0.3, -0.25) is 24.1 Å². The van der Waals surface area contributed by atoms with Crippen LogP contribution in [0.3, 0.4) is 0 Å². The fourth-order valence-electron chi connectivity index (χ4n) is 7.45. The lowest BCUT2D eigenvalue weighted by Crippen LogP contribution is -2.43. The number of Topliss-reactive ketones (excluding diaryl/α,β-unsaturated/α-hetero) is 1. The highest BCUT2D eigenvalue weighted by Crippen LogP contribution is 2.56. The van der Waals surface area contributed by atoms with Crippen LogP contribution in [0.5, 0.6) is 5.75 Å². The number of carbonyl (C=O) groups is 4. The van der Waals surface area contributed by atoms with E-state index in [0.717, 1.165) is 37.7 Å². The molecule has 1 saturated heterocycles. The summed E-state index contributed by atoms with van der Waals surface area (Å²) >= 11 is 3.26. The Morgan fingerprint density at radius 3 is 2.55 bits per heavy atom. The number of likely N-dealkylation sites (tertiary alicyclic amines) is 1. The number of rotatable bonds is 4. The minimum atomic E-state index is -0.658. The zero-order chi connectivity index (χ0) is 26.7. The average Bonchev–Trinajstić information content (AvgIpc) is 3.18. The summed E-state index contributed by atoms with van der Waals surface area (Å²) in [7, 11) is 0. The third-order valence-corrected chi connectivity index (χ3v) is 9.72. The lowest BCUT2D eigenvalue weighted by atomic mass is 9.59. The number of para-hydroxylation sites is 1. The number of phenolic OH excluding ortho intramolecular Hbond substituents is 1. The molecular weight excluding hydrogens is 546 g/mol. The van der Waals surface area contributed by atoms with Gasteiger partial charge < -0.3 is 5.11 Å². The summed E-state index contributed by atoms with van der Waals surface area (Å²) in [4.78, 5) is 55.8. The van der Waals surface area contributed by atoms with Gasteiger partial charge in [-0.15, -0.1) is 6.58 Å². The lowest BCUT2D eigenvalue weighted by Gasteiger charge is -2.42. The largest absolute Gasteiger partial charge is 0.507 e. The zero-order valence-corrected chi connectivity index (χ0v) is 22.7. The Hall–Kier alpha value is -3.06. The van der Waals surface area contributed by atoms with Crippen molar-refractivity contribution in [3.63, 3.8) is 0 Å². The number of halogens is 1. The number of hydrogen-bond donors (Lipinski definition) is 1. The van der Waals surface area contributed by atoms with Crippen LogP contribution in [-0.4, -0.2) is 39.4 Å². The number of hydrogen-bond acceptors (Lipinski definition) is 5. The summed E-state index contributed by atoms with van der Waals surface area (Å²) in [5.74, 6) is -2.77. The number of ketones is 2. The molecule has 1 aliphatic heterocycles. The third-order valence-electron chi connectivity index (χ3n) is 9.13. The first-order chi connectivity index (χ1) is 18.3. The second-order valence-electron chi connectivity index (χ2n) is 11.1. The van der Waals surface area contributed by atoms with Gasteiger partial charge in [-0.05, 0) is 59.5 Å². The molecule has 0 bridgehead atoms. The fraction of sp³-hybridized carbons (Fsp3) is 0.419. The Labute approximate surface area is 230 Å². The Morgan fingerprint density at radius 1 is 1.05 bits per heavy atom. The normalized spacial score (nSPS) is 29.6. The summed E-state index contributed by atoms with van der Waals surface area (Å²) in [6.45, 7) is 3.78. The molecule has 196 valence electrons. The molecule has 0 radical (unpaired) electrons. The molecule has 2 fully saturated rings. The SMILES string of the molecule is C=CCc1cccc(C2C3=CCC4C(=O)N(C5CCCCC5)C(=O)C4C3CC3=C2C(=O)C=C(Br)C3=O)c1O. The predicted octanol–water partition coefficient (Wildman–Crippen LogP) is 5.22. The first-order valence-electron chi connectivity index (χ1n) is 13.5. The number of imide groups is 1. The van der Waals surface area contributed by atoms with Gasteiger partial charge >= 0.3 is 0 Å². The van der Waals surface area contributed by atoms with E-state index in [1.807, 2.05) is 18.2 Å². The third kappa shape index (κ3) is 3.73. The standard InChI is InChI=1S/C31H30BrNO5/c1-2-7-16-8-6-11-19(28(16)35)25-18-12-13-20-26(31(38)33(30(20)37)17-9-4-3-5-10-17)21(18)14-22-27(25)24(34)15-23(32)29(22)36/h2,6,8,11-12,15,17,20-21,25-26,35H,1,3-5,7,9-10,13-14H2. The maximum atomic E-state index is 14.0. The van der Waals surface area contributed by atoms with Gasteiger partial charge in [0.15, 0.2) is 11.6 Å². The van der Waals surface area contributed by atoms with Crippen LogP contribution in [0, 0.1) is 17.8 Å². The molecule has 7 heteroatoms. The van der Waals surface area contributed by atoms with E-state index in [-0.39, 0.29) is 52.0 Å². The molecule has 4 aliphatic carbocycles. The number of fused-ring (bicyclic) bond motifs is 3. The van der Waals surface area contributed by atoms with E-state index in [2.05, 4.69) is 22.5 Å². The Balaban J connectivity index is 1.48. The highest BCUT2D eigenvalue weighted by atomic mass is 79.9. The smallest absolute Gasteiger partial charge is 0.233 e. The van der Waals surface area contributed by atoms with Crippen molar-refractivity contribution in [2.24, 2.45) is 17.8 Å². The Kier molecular flexibility index (Phi) is 6.37. The minimum absolute atomic E-state index is 0.0541. The van der Waals surface area contributed by atoms with Crippen molar-refractivity contribution in [2.45, 2.75) is 63.3 Å². The van der Waals surface area contributed by atoms with Crippen molar-refractivity contribution in [3.05, 3.63) is 75.3 Å². The van der Waals surface area contributed by atoms with Gasteiger partial charge in [0.05, 0.1) is 16.3 Å². The van der Waals surface area contributed by atoms with E-state index >= 15 is 0 Å². The molecule has 0 aromatic heterocycles. The predicted molar refractivity (Wildman–Crippen MR) is 145 cm³/mol. The second kappa shape index (κ2) is 9.60. The Morgan fingerprint density at radius 2 is 1.82 bits per heavy atom. The molecule has 1 heterocycles. The van der Waals surface area contributed by atoms with Crippen molar-refractivity contribution in [1.29, 1.82) is 0 Å². The van der Waals surface area contributed by atoms with Crippen LogP contribution in [0.15, 0.2) is 64.2 Å². The first-order valence-corrected chi connectivity index (χ1v) is 14.3. The van der Waals surface area contributed by atoms with Crippen LogP contribution in [0.25, 0.3) is 0 Å². The second-order valence-corrected chi connectivity index (χ2v) is 11.9. The van der Waals surface area contributed by atoms with E-state index in [1.54, 1.807) is 12.1 Å². The molecule has 6 nitrogen and oxygen atoms in total. The van der Waals surface area contributed by atoms with E-state index in [4.69, 9.17) is 0 Å². The molecule has 2 amide bonds. The number of amides is 2. The summed E-state index contributed by atoms with van der Waals surface area (Å²) in [6.07, 6.45) is 10.9. The minimum Gasteiger partial charge on any atom is -0.507 e. The highest BCUT2D eigenvalue weighted by Gasteiger charge is 2.57. The fourth-order valence-corrected chi connectivity index (χ4v) is 7.90. The molecule has 1 aromatic carbocycles. The first kappa shape index (κ1) is 25.2. The van der Waals surface area contributed by atoms with Crippen LogP contribution in [0.1, 0.15) is 62.0 Å². The topological polar surface area (TPSA) is 91.8 Å². The molecule has 6 rings (SSSR count). The van der Waals surface area contributed by atoms with E-state index in [1.165, 1.54) is 11.0 Å². The van der Waals surface area contributed by atoms with E-state index in [0.29, 0.717) is 35.1 Å². The summed E-state index contributed by atoms with van der Waals surface area (Å²) in [5, 5.41) is 11.3. The molecule has 1 saturated carbocycles. The lowest BCUT2D eigenvalue weighted by molar-refractivity contribution is -0.143. The number of aromatic hydroxyl groups is 1. The van der Waals surface area contributed by atoms with Crippen LogP contribution < -0.4 is 0 Å². The average molecular weight is 576 g/mol. The Bertz CT molecular complexity index is 1380. The number of nitrogens with zero attached hydrogens (tertiary/aromatic N) is 1. The maximum absolute atomic E-state index is 14.0. The van der Waals surface area contributed by atoms with Crippen molar-refractivity contribution in [2.75, 3.05) is 0 Å². The molecular formula is C31H30BrNO5. The summed E-state index contributed by atoms with van der Waals surface area (Å²) in [5.41, 5.74) is 2.82. The van der Waals surface area contributed by atoms with Gasteiger partial charge in [0.25, 0.3) is 0 Å². The zero-order valence-electron chi connectivity index (χ0n) is 21.1. The van der Waals surface area contributed by atoms with Crippen molar-refractivity contribution in [1.82, 2.24) is 4.90 Å². The molecule has 5 aliphatic rings. The van der Waals surface area contributed by atoms with E-state index in [9.17, 15) is 24.3 Å². The molecule has 4 unspecified atom stereocenters. The summed E-state index contributed by atoms with van der Waals surface area (Å²) < 4.78 is 0.196. The van der Waals surface area contributed by atoms with Crippen LogP contribution in [0.2, 0.25) is 0 Å². The van der Waals surface area contributed by atoms with Crippen molar-refractivity contribution < 1.29 is 24.3 Å². The van der Waals surface area contributed by atoms with Crippen LogP contribution in [0.4, 0.5) is 0 Å². The number of phenols is 1. The van der Waals surface area contributed by atoms with Crippen LogP contribution >= 0.6 is 15.9 Å². The van der Waals surface area contributed by atoms with Crippen molar-refractivity contribution in [3.8, 4) is 5.75 Å². The van der Waals surface area contributed by atoms with Gasteiger partial charge in [-0.25, -0.2) is 0 Å². The number of allylic oxidation sites excluding steroid dienone is 7. The molecule has 1 aromatic rings. The molecule has 1 N–H and O–H groups in total. The van der Waals surface area contributed by atoms with Crippen LogP contribution in [-0.2, 0) is 25.6 Å². The van der Waals surface area contributed by atoms with Gasteiger partial charge in [0, 0.05) is 34.7 Å². The van der Waals surface area contributed by atoms with Crippen molar-refractivity contribution >= 4 is 39.3 Å². The molecule has 0 spiro atoms. The monoisotopic (exact) mass is 575 g/mol. The number of carbonyl (C=O) groups excluding carboxylic acids is 4. The number of benzene rings is 1. The van der Waals surface area contributed by atoms with Gasteiger partial charge in [-0.2, -0.15) is 0 Å². The van der Waals surface area contributed by atoms with Gasteiger partial charge in [-0.1, -0.05) is 55.2 Å². The van der Waals surface area contributed by atoms with E-state index < -0.39 is 17.8 Å². The highest BCUT2D eigenvalue weighted by molar-refractivity contribution is 9.12. The molecule has 4 atom stereocenters. The maximum Gasteiger partial charge on any atom is 0.233 e. The van der Waals surface area contributed by atoms with Gasteiger partial charge in [0.2, 0.25) is 11.8 Å². The summed E-state index contributed by atoms with van der Waals surface area (Å²) in [6, 6.07) is 5.38. The quantitative estimate of drug-likeness (QED) is 0.302. The van der Waals surface area contributed by atoms with Gasteiger partial charge in [0.1, 0.15) is 5.75 Å².